The van der Waals surface area contributed by atoms with Crippen LogP contribution in [0.2, 0.25) is 0 Å². The van der Waals surface area contributed by atoms with Gasteiger partial charge < -0.3 is 18.9 Å². The van der Waals surface area contributed by atoms with Crippen molar-refractivity contribution in [1.82, 2.24) is 0 Å². The van der Waals surface area contributed by atoms with Crippen LogP contribution in [0.15, 0.2) is 0 Å². The highest BCUT2D eigenvalue weighted by Crippen LogP contribution is 2.01. The van der Waals surface area contributed by atoms with E-state index in [9.17, 15) is 0 Å². The molecule has 0 saturated carbocycles. The standard InChI is InChI=1S/C14H30O4/c1-15-9-7-13-17-11-5-3-4-6-12-18-14-8-10-16-2/h3-14H2,1-2H3. The molecule has 0 N–H and O–H groups in total. The Morgan fingerprint density at radius 3 is 1.22 bits per heavy atom. The van der Waals surface area contributed by atoms with Gasteiger partial charge in [-0.3, -0.25) is 0 Å². The molecule has 18 heavy (non-hydrogen) atoms. The van der Waals surface area contributed by atoms with E-state index < -0.39 is 0 Å². The van der Waals surface area contributed by atoms with Gasteiger partial charge >= 0.3 is 0 Å². The second kappa shape index (κ2) is 16.8. The summed E-state index contributed by atoms with van der Waals surface area (Å²) in [5.74, 6) is 0. The predicted molar refractivity (Wildman–Crippen MR) is 73.1 cm³/mol. The van der Waals surface area contributed by atoms with Crippen molar-refractivity contribution in [3.63, 3.8) is 0 Å². The Morgan fingerprint density at radius 1 is 0.444 bits per heavy atom. The molecule has 0 atom stereocenters. The number of hydrogen-bond donors (Lipinski definition) is 0. The molecule has 4 nitrogen and oxygen atoms in total. The lowest BCUT2D eigenvalue weighted by molar-refractivity contribution is 0.0942. The second-order valence-corrected chi connectivity index (χ2v) is 4.33. The topological polar surface area (TPSA) is 36.9 Å². The van der Waals surface area contributed by atoms with E-state index in [1.54, 1.807) is 14.2 Å². The molecule has 0 spiro atoms. The number of hydrogen-bond acceptors (Lipinski definition) is 4. The Morgan fingerprint density at radius 2 is 0.833 bits per heavy atom. The molecule has 0 aliphatic heterocycles. The second-order valence-electron chi connectivity index (χ2n) is 4.33. The third-order valence-electron chi connectivity index (χ3n) is 2.60. The van der Waals surface area contributed by atoms with E-state index in [1.165, 1.54) is 12.8 Å². The van der Waals surface area contributed by atoms with Crippen molar-refractivity contribution in [2.24, 2.45) is 0 Å². The summed E-state index contributed by atoms with van der Waals surface area (Å²) in [5.41, 5.74) is 0. The molecule has 0 heterocycles. The monoisotopic (exact) mass is 262 g/mol. The van der Waals surface area contributed by atoms with E-state index in [-0.39, 0.29) is 0 Å². The summed E-state index contributed by atoms with van der Waals surface area (Å²) in [5, 5.41) is 0. The van der Waals surface area contributed by atoms with E-state index in [0.29, 0.717) is 0 Å². The van der Waals surface area contributed by atoms with Crippen molar-refractivity contribution in [3.8, 4) is 0 Å². The van der Waals surface area contributed by atoms with E-state index >= 15 is 0 Å². The van der Waals surface area contributed by atoms with Gasteiger partial charge in [0.2, 0.25) is 0 Å². The third-order valence-corrected chi connectivity index (χ3v) is 2.60. The number of rotatable bonds is 15. The third kappa shape index (κ3) is 15.8. The minimum atomic E-state index is 0.792. The van der Waals surface area contributed by atoms with Crippen molar-refractivity contribution in [2.45, 2.75) is 38.5 Å². The molecule has 0 radical (unpaired) electrons. The molecule has 0 unspecified atom stereocenters. The maximum Gasteiger partial charge on any atom is 0.0487 e. The summed E-state index contributed by atoms with van der Waals surface area (Å²) in [6.45, 7) is 4.96. The highest BCUT2D eigenvalue weighted by atomic mass is 16.5. The lowest BCUT2D eigenvalue weighted by Crippen LogP contribution is -2.02. The first kappa shape index (κ1) is 17.8. The van der Waals surface area contributed by atoms with Gasteiger partial charge in [0.15, 0.2) is 0 Å². The summed E-state index contributed by atoms with van der Waals surface area (Å²) < 4.78 is 20.9. The molecular formula is C14H30O4. The van der Waals surface area contributed by atoms with Crippen LogP contribution < -0.4 is 0 Å². The van der Waals surface area contributed by atoms with Crippen LogP contribution in [0.25, 0.3) is 0 Å². The first-order chi connectivity index (χ1) is 8.91. The summed E-state index contributed by atoms with van der Waals surface area (Å²) >= 11 is 0. The van der Waals surface area contributed by atoms with Crippen LogP contribution in [0, 0.1) is 0 Å². The summed E-state index contributed by atoms with van der Waals surface area (Å²) in [6.07, 6.45) is 6.74. The predicted octanol–water partition coefficient (Wildman–Crippen LogP) is 2.65. The molecule has 0 rings (SSSR count). The average molecular weight is 262 g/mol. The number of methoxy groups -OCH3 is 2. The molecule has 0 aliphatic rings. The maximum atomic E-state index is 5.48. The van der Waals surface area contributed by atoms with Gasteiger partial charge in [-0.1, -0.05) is 12.8 Å². The van der Waals surface area contributed by atoms with Gasteiger partial charge in [0.1, 0.15) is 0 Å². The Balaban J connectivity index is 2.86. The molecule has 4 heteroatoms. The summed E-state index contributed by atoms with van der Waals surface area (Å²) in [7, 11) is 3.44. The van der Waals surface area contributed by atoms with Crippen LogP contribution in [0.5, 0.6) is 0 Å². The van der Waals surface area contributed by atoms with E-state index in [0.717, 1.165) is 65.3 Å². The van der Waals surface area contributed by atoms with Gasteiger partial charge in [-0.25, -0.2) is 0 Å². The summed E-state index contributed by atoms with van der Waals surface area (Å²) in [6, 6.07) is 0. The van der Waals surface area contributed by atoms with Crippen LogP contribution in [0.3, 0.4) is 0 Å². The summed E-state index contributed by atoms with van der Waals surface area (Å²) in [4.78, 5) is 0. The molecule has 110 valence electrons. The van der Waals surface area contributed by atoms with Crippen LogP contribution in [0.4, 0.5) is 0 Å². The zero-order chi connectivity index (χ0) is 13.3. The zero-order valence-electron chi connectivity index (χ0n) is 12.1. The molecule has 0 bridgehead atoms. The Hall–Kier alpha value is -0.160. The Labute approximate surface area is 112 Å². The Kier molecular flexibility index (Phi) is 16.7. The fraction of sp³-hybridized carbons (Fsp3) is 1.00. The lowest BCUT2D eigenvalue weighted by Gasteiger charge is -2.05. The molecular weight excluding hydrogens is 232 g/mol. The smallest absolute Gasteiger partial charge is 0.0487 e. The van der Waals surface area contributed by atoms with Crippen LogP contribution >= 0.6 is 0 Å². The molecule has 0 aliphatic carbocycles. The van der Waals surface area contributed by atoms with Crippen LogP contribution in [-0.4, -0.2) is 53.9 Å². The van der Waals surface area contributed by atoms with Crippen LogP contribution in [-0.2, 0) is 18.9 Å². The first-order valence-corrected chi connectivity index (χ1v) is 7.05. The van der Waals surface area contributed by atoms with Gasteiger partial charge in [0.25, 0.3) is 0 Å². The fourth-order valence-electron chi connectivity index (χ4n) is 1.58. The van der Waals surface area contributed by atoms with Crippen molar-refractivity contribution < 1.29 is 18.9 Å². The fourth-order valence-corrected chi connectivity index (χ4v) is 1.58. The van der Waals surface area contributed by atoms with Gasteiger partial charge in [0.05, 0.1) is 0 Å². The van der Waals surface area contributed by atoms with Gasteiger partial charge in [0, 0.05) is 53.9 Å². The number of ether oxygens (including phenoxy) is 4. The van der Waals surface area contributed by atoms with Crippen LogP contribution in [0.1, 0.15) is 38.5 Å². The van der Waals surface area contributed by atoms with Gasteiger partial charge in [-0.2, -0.15) is 0 Å². The molecule has 0 aromatic heterocycles. The quantitative estimate of drug-likeness (QED) is 0.425. The van der Waals surface area contributed by atoms with E-state index in [4.69, 9.17) is 18.9 Å². The molecule has 0 aromatic carbocycles. The van der Waals surface area contributed by atoms with Crippen molar-refractivity contribution in [1.29, 1.82) is 0 Å². The number of unbranched alkanes of at least 4 members (excludes halogenated alkanes) is 3. The minimum Gasteiger partial charge on any atom is -0.385 e. The van der Waals surface area contributed by atoms with E-state index in [2.05, 4.69) is 0 Å². The normalized spacial score (nSPS) is 11.0. The van der Waals surface area contributed by atoms with E-state index in [1.807, 2.05) is 0 Å². The highest BCUT2D eigenvalue weighted by Gasteiger charge is 1.93. The van der Waals surface area contributed by atoms with Crippen molar-refractivity contribution in [3.05, 3.63) is 0 Å². The van der Waals surface area contributed by atoms with Gasteiger partial charge in [-0.15, -0.1) is 0 Å². The zero-order valence-corrected chi connectivity index (χ0v) is 12.1. The average Bonchev–Trinajstić information content (AvgIpc) is 2.39. The van der Waals surface area contributed by atoms with Crippen molar-refractivity contribution in [2.75, 3.05) is 53.9 Å². The SMILES string of the molecule is COCCCOCCCCCCOCCCOC. The van der Waals surface area contributed by atoms with Crippen molar-refractivity contribution >= 4 is 0 Å². The largest absolute Gasteiger partial charge is 0.385 e. The van der Waals surface area contributed by atoms with Gasteiger partial charge in [-0.05, 0) is 25.7 Å². The molecule has 0 fully saturated rings. The molecule has 0 aromatic rings. The highest BCUT2D eigenvalue weighted by molar-refractivity contribution is 4.43. The lowest BCUT2D eigenvalue weighted by atomic mass is 10.2. The molecule has 0 saturated heterocycles. The first-order valence-electron chi connectivity index (χ1n) is 7.05. The maximum absolute atomic E-state index is 5.48. The molecule has 0 amide bonds. The Bertz CT molecular complexity index is 126. The minimum absolute atomic E-state index is 0.792.